The molecule has 0 aliphatic heterocycles. The van der Waals surface area contributed by atoms with E-state index < -0.39 is 0 Å². The van der Waals surface area contributed by atoms with E-state index in [1.807, 2.05) is 42.5 Å². The van der Waals surface area contributed by atoms with Gasteiger partial charge in [0.05, 0.1) is 0 Å². The van der Waals surface area contributed by atoms with Crippen molar-refractivity contribution in [3.63, 3.8) is 0 Å². The summed E-state index contributed by atoms with van der Waals surface area (Å²) in [5, 5.41) is 12.8. The molecule has 2 N–H and O–H groups in total. The number of aromatic amines is 1. The molecule has 0 aliphatic rings. The summed E-state index contributed by atoms with van der Waals surface area (Å²) in [7, 11) is 0. The van der Waals surface area contributed by atoms with E-state index in [1.54, 1.807) is 19.1 Å². The zero-order chi connectivity index (χ0) is 17.5. The molecule has 1 heterocycles. The Morgan fingerprint density at radius 2 is 1.68 bits per heavy atom. The van der Waals surface area contributed by atoms with Crippen molar-refractivity contribution in [3.8, 4) is 11.5 Å². The molecular weight excluding hydrogens is 320 g/mol. The minimum absolute atomic E-state index is 0.155. The average Bonchev–Trinajstić information content (AvgIpc) is 3.04. The van der Waals surface area contributed by atoms with Crippen LogP contribution in [0.4, 0.5) is 5.82 Å². The van der Waals surface area contributed by atoms with Crippen molar-refractivity contribution < 1.29 is 14.3 Å². The molecule has 2 aromatic carbocycles. The number of aromatic nitrogens is 3. The summed E-state index contributed by atoms with van der Waals surface area (Å²) in [6, 6.07) is 17.1. The molecule has 0 atom stereocenters. The number of ether oxygens (including phenoxy) is 2. The van der Waals surface area contributed by atoms with E-state index in [4.69, 9.17) is 9.47 Å². The fraction of sp³-hybridized carbons (Fsp3) is 0.167. The van der Waals surface area contributed by atoms with Gasteiger partial charge in [0.25, 0.3) is 5.91 Å². The molecule has 1 amide bonds. The lowest BCUT2D eigenvalue weighted by Crippen LogP contribution is -2.21. The molecule has 1 aromatic heterocycles. The van der Waals surface area contributed by atoms with E-state index in [-0.39, 0.29) is 12.5 Å². The summed E-state index contributed by atoms with van der Waals surface area (Å²) in [5.74, 6) is 1.15. The Morgan fingerprint density at radius 3 is 2.36 bits per heavy atom. The molecule has 0 fully saturated rings. The maximum absolute atomic E-state index is 12.0. The maximum atomic E-state index is 12.0. The summed E-state index contributed by atoms with van der Waals surface area (Å²) in [4.78, 5) is 12.0. The van der Waals surface area contributed by atoms with Crippen LogP contribution in [0.3, 0.4) is 0 Å². The normalized spacial score (nSPS) is 10.3. The lowest BCUT2D eigenvalue weighted by molar-refractivity contribution is -0.118. The predicted octanol–water partition coefficient (Wildman–Crippen LogP) is 2.71. The van der Waals surface area contributed by atoms with E-state index in [0.29, 0.717) is 29.6 Å². The highest BCUT2D eigenvalue weighted by molar-refractivity contribution is 5.91. The number of aryl methyl sites for hydroxylation is 1. The number of nitrogens with one attached hydrogen (secondary N) is 2. The Labute approximate surface area is 145 Å². The van der Waals surface area contributed by atoms with Gasteiger partial charge in [-0.25, -0.2) is 0 Å². The van der Waals surface area contributed by atoms with Gasteiger partial charge in [-0.1, -0.05) is 42.5 Å². The van der Waals surface area contributed by atoms with Gasteiger partial charge in [-0.2, -0.15) is 10.3 Å². The van der Waals surface area contributed by atoms with Crippen molar-refractivity contribution in [3.05, 3.63) is 65.9 Å². The van der Waals surface area contributed by atoms with Crippen LogP contribution >= 0.6 is 0 Å². The zero-order valence-corrected chi connectivity index (χ0v) is 13.7. The van der Waals surface area contributed by atoms with Crippen LogP contribution in [-0.2, 0) is 11.4 Å². The molecule has 0 unspecified atom stereocenters. The molecule has 0 radical (unpaired) electrons. The molecule has 0 bridgehead atoms. The molecule has 0 spiro atoms. The molecule has 7 heteroatoms. The topological polar surface area (TPSA) is 89.1 Å². The molecular formula is C18H18N4O3. The van der Waals surface area contributed by atoms with Crippen LogP contribution in [0.1, 0.15) is 11.3 Å². The number of para-hydroxylation sites is 2. The minimum Gasteiger partial charge on any atom is -0.485 e. The average molecular weight is 338 g/mol. The molecule has 25 heavy (non-hydrogen) atoms. The van der Waals surface area contributed by atoms with Crippen molar-refractivity contribution >= 4 is 11.7 Å². The second kappa shape index (κ2) is 7.96. The molecule has 128 valence electrons. The van der Waals surface area contributed by atoms with Crippen molar-refractivity contribution in [1.29, 1.82) is 0 Å². The Morgan fingerprint density at radius 1 is 1.00 bits per heavy atom. The fourth-order valence-corrected chi connectivity index (χ4v) is 2.14. The number of carbonyl (C=O) groups excluding carboxylic acids is 1. The van der Waals surface area contributed by atoms with Crippen LogP contribution in [0.15, 0.2) is 54.6 Å². The Hall–Kier alpha value is -3.35. The van der Waals surface area contributed by atoms with Gasteiger partial charge in [-0.3, -0.25) is 4.79 Å². The summed E-state index contributed by atoms with van der Waals surface area (Å²) < 4.78 is 11.4. The number of nitrogens with zero attached hydrogens (tertiary/aromatic N) is 2. The largest absolute Gasteiger partial charge is 0.485 e. The van der Waals surface area contributed by atoms with Crippen LogP contribution in [0, 0.1) is 6.92 Å². The number of hydrogen-bond donors (Lipinski definition) is 2. The number of H-pyrrole nitrogens is 1. The predicted molar refractivity (Wildman–Crippen MR) is 92.5 cm³/mol. The summed E-state index contributed by atoms with van der Waals surface area (Å²) in [6.45, 7) is 2.01. The van der Waals surface area contributed by atoms with Gasteiger partial charge >= 0.3 is 0 Å². The second-order valence-electron chi connectivity index (χ2n) is 5.32. The van der Waals surface area contributed by atoms with Crippen LogP contribution in [-0.4, -0.2) is 27.9 Å². The first kappa shape index (κ1) is 16.5. The first-order valence-corrected chi connectivity index (χ1v) is 7.78. The van der Waals surface area contributed by atoms with E-state index in [9.17, 15) is 4.79 Å². The standard InChI is InChI=1S/C18H18N4O3/c1-13-18(21-22-20-13)19-17(23)12-25-16-10-6-5-9-15(16)24-11-14-7-3-2-4-8-14/h2-10H,11-12H2,1H3,(H2,19,20,21,22,23). The molecule has 0 saturated carbocycles. The maximum Gasteiger partial charge on any atom is 0.263 e. The Bertz CT molecular complexity index is 833. The monoisotopic (exact) mass is 338 g/mol. The molecule has 3 aromatic rings. The number of rotatable bonds is 7. The van der Waals surface area contributed by atoms with Crippen LogP contribution in [0.2, 0.25) is 0 Å². The van der Waals surface area contributed by atoms with Crippen LogP contribution in [0.5, 0.6) is 11.5 Å². The highest BCUT2D eigenvalue weighted by Crippen LogP contribution is 2.27. The number of hydrogen-bond acceptors (Lipinski definition) is 5. The van der Waals surface area contributed by atoms with Gasteiger partial charge in [0.2, 0.25) is 0 Å². The first-order chi connectivity index (χ1) is 12.2. The number of amides is 1. The third kappa shape index (κ3) is 4.57. The number of anilines is 1. The van der Waals surface area contributed by atoms with Crippen molar-refractivity contribution in [1.82, 2.24) is 15.4 Å². The lowest BCUT2D eigenvalue weighted by Gasteiger charge is -2.12. The molecule has 3 rings (SSSR count). The van der Waals surface area contributed by atoms with E-state index in [2.05, 4.69) is 20.7 Å². The number of benzene rings is 2. The highest BCUT2D eigenvalue weighted by Gasteiger charge is 2.11. The Kier molecular flexibility index (Phi) is 5.26. The summed E-state index contributed by atoms with van der Waals surface area (Å²) >= 11 is 0. The van der Waals surface area contributed by atoms with Crippen LogP contribution in [0.25, 0.3) is 0 Å². The highest BCUT2D eigenvalue weighted by atomic mass is 16.5. The summed E-state index contributed by atoms with van der Waals surface area (Å²) in [5.41, 5.74) is 1.66. The second-order valence-corrected chi connectivity index (χ2v) is 5.32. The molecule has 0 aliphatic carbocycles. The van der Waals surface area contributed by atoms with E-state index in [1.165, 1.54) is 0 Å². The van der Waals surface area contributed by atoms with Gasteiger partial charge in [-0.05, 0) is 24.6 Å². The third-order valence-electron chi connectivity index (χ3n) is 3.43. The van der Waals surface area contributed by atoms with Crippen molar-refractivity contribution in [2.45, 2.75) is 13.5 Å². The van der Waals surface area contributed by atoms with E-state index in [0.717, 1.165) is 5.56 Å². The Balaban J connectivity index is 1.57. The quantitative estimate of drug-likeness (QED) is 0.691. The van der Waals surface area contributed by atoms with Gasteiger partial charge in [0, 0.05) is 0 Å². The van der Waals surface area contributed by atoms with E-state index >= 15 is 0 Å². The molecule has 7 nitrogen and oxygen atoms in total. The fourth-order valence-electron chi connectivity index (χ4n) is 2.14. The SMILES string of the molecule is Cc1n[nH]nc1NC(=O)COc1ccccc1OCc1ccccc1. The smallest absolute Gasteiger partial charge is 0.263 e. The van der Waals surface area contributed by atoms with Gasteiger partial charge in [-0.15, -0.1) is 5.10 Å². The zero-order valence-electron chi connectivity index (χ0n) is 13.7. The minimum atomic E-state index is -0.324. The number of carbonyl (C=O) groups is 1. The lowest BCUT2D eigenvalue weighted by atomic mass is 10.2. The van der Waals surface area contributed by atoms with Crippen LogP contribution < -0.4 is 14.8 Å². The molecule has 0 saturated heterocycles. The first-order valence-electron chi connectivity index (χ1n) is 7.78. The third-order valence-corrected chi connectivity index (χ3v) is 3.43. The van der Waals surface area contributed by atoms with Gasteiger partial charge in [0.1, 0.15) is 12.3 Å². The van der Waals surface area contributed by atoms with Crippen molar-refractivity contribution in [2.24, 2.45) is 0 Å². The van der Waals surface area contributed by atoms with Gasteiger partial charge < -0.3 is 14.8 Å². The van der Waals surface area contributed by atoms with Crippen molar-refractivity contribution in [2.75, 3.05) is 11.9 Å². The summed E-state index contributed by atoms with van der Waals surface area (Å²) in [6.07, 6.45) is 0. The van der Waals surface area contributed by atoms with Gasteiger partial charge in [0.15, 0.2) is 23.9 Å².